The lowest BCUT2D eigenvalue weighted by Gasteiger charge is -2.10. The standard InChI is InChI=1S/C25H27NO2S/c1-4-18-5-10-21-15-22(11-12-23(18)21)28-14-13-24-17(3)29-25(26-24)20-8-6-19(7-9-20)16(2)27/h6-9,11-12,15,18H,4-5,10,13-14H2,1-3H3. The number of ether oxygens (including phenoxy) is 1. The molecule has 0 spiro atoms. The normalized spacial score (nSPS) is 15.3. The molecule has 0 fully saturated rings. The van der Waals surface area contributed by atoms with Gasteiger partial charge in [-0.1, -0.05) is 37.3 Å². The van der Waals surface area contributed by atoms with Crippen molar-refractivity contribution < 1.29 is 9.53 Å². The Balaban J connectivity index is 1.39. The Labute approximate surface area is 176 Å². The van der Waals surface area contributed by atoms with Crippen LogP contribution in [-0.4, -0.2) is 17.4 Å². The van der Waals surface area contributed by atoms with E-state index in [4.69, 9.17) is 9.72 Å². The predicted molar refractivity (Wildman–Crippen MR) is 119 cm³/mol. The van der Waals surface area contributed by atoms with E-state index in [1.807, 2.05) is 24.3 Å². The number of rotatable bonds is 7. The second-order valence-electron chi connectivity index (χ2n) is 7.76. The van der Waals surface area contributed by atoms with E-state index >= 15 is 0 Å². The third kappa shape index (κ3) is 4.27. The van der Waals surface area contributed by atoms with Crippen molar-refractivity contribution >= 4 is 17.1 Å². The van der Waals surface area contributed by atoms with Gasteiger partial charge in [-0.15, -0.1) is 11.3 Å². The molecular formula is C25H27NO2S. The van der Waals surface area contributed by atoms with Gasteiger partial charge in [-0.3, -0.25) is 4.79 Å². The third-order valence-electron chi connectivity index (χ3n) is 5.85. The molecule has 0 saturated heterocycles. The van der Waals surface area contributed by atoms with Crippen molar-refractivity contribution in [3.05, 3.63) is 69.7 Å². The van der Waals surface area contributed by atoms with E-state index in [2.05, 4.69) is 32.0 Å². The van der Waals surface area contributed by atoms with Gasteiger partial charge in [0.1, 0.15) is 10.8 Å². The molecule has 4 rings (SSSR count). The first-order valence-electron chi connectivity index (χ1n) is 10.4. The zero-order valence-electron chi connectivity index (χ0n) is 17.3. The Hall–Kier alpha value is -2.46. The van der Waals surface area contributed by atoms with Gasteiger partial charge in [0.15, 0.2) is 5.78 Å². The number of thiazole rings is 1. The number of fused-ring (bicyclic) bond motifs is 1. The number of hydrogen-bond acceptors (Lipinski definition) is 4. The van der Waals surface area contributed by atoms with Crippen LogP contribution in [0.3, 0.4) is 0 Å². The van der Waals surface area contributed by atoms with Crippen molar-refractivity contribution in [3.63, 3.8) is 0 Å². The van der Waals surface area contributed by atoms with E-state index in [9.17, 15) is 4.79 Å². The second-order valence-corrected chi connectivity index (χ2v) is 8.96. The smallest absolute Gasteiger partial charge is 0.159 e. The number of nitrogens with zero attached hydrogens (tertiary/aromatic N) is 1. The number of ketones is 1. The Bertz CT molecular complexity index is 1020. The molecule has 0 saturated carbocycles. The van der Waals surface area contributed by atoms with E-state index in [-0.39, 0.29) is 5.78 Å². The molecule has 29 heavy (non-hydrogen) atoms. The van der Waals surface area contributed by atoms with E-state index in [1.54, 1.807) is 18.3 Å². The Morgan fingerprint density at radius 3 is 2.72 bits per heavy atom. The summed E-state index contributed by atoms with van der Waals surface area (Å²) in [4.78, 5) is 17.5. The number of carbonyl (C=O) groups is 1. The van der Waals surface area contributed by atoms with Gasteiger partial charge in [0.05, 0.1) is 12.3 Å². The van der Waals surface area contributed by atoms with Crippen LogP contribution in [0.1, 0.15) is 64.7 Å². The number of carbonyl (C=O) groups excluding carboxylic acids is 1. The Morgan fingerprint density at radius 1 is 1.21 bits per heavy atom. The molecule has 1 aliphatic rings. The fourth-order valence-electron chi connectivity index (χ4n) is 4.09. The number of aryl methyl sites for hydroxylation is 2. The van der Waals surface area contributed by atoms with Crippen LogP contribution in [0.5, 0.6) is 5.75 Å². The molecule has 1 atom stereocenters. The minimum atomic E-state index is 0.0847. The molecule has 1 unspecified atom stereocenters. The first-order chi connectivity index (χ1) is 14.0. The second kappa shape index (κ2) is 8.50. The lowest BCUT2D eigenvalue weighted by molar-refractivity contribution is 0.101. The summed E-state index contributed by atoms with van der Waals surface area (Å²) in [7, 11) is 0. The van der Waals surface area contributed by atoms with E-state index < -0.39 is 0 Å². The zero-order valence-corrected chi connectivity index (χ0v) is 18.1. The summed E-state index contributed by atoms with van der Waals surface area (Å²) < 4.78 is 6.04. The summed E-state index contributed by atoms with van der Waals surface area (Å²) in [5, 5.41) is 0.996. The molecule has 2 aromatic carbocycles. The van der Waals surface area contributed by atoms with E-state index in [1.165, 1.54) is 35.3 Å². The van der Waals surface area contributed by atoms with Crippen LogP contribution in [0, 0.1) is 6.92 Å². The van der Waals surface area contributed by atoms with Crippen molar-refractivity contribution in [3.8, 4) is 16.3 Å². The molecule has 1 aliphatic carbocycles. The summed E-state index contributed by atoms with van der Waals surface area (Å²) in [5.74, 6) is 1.77. The van der Waals surface area contributed by atoms with Crippen molar-refractivity contribution in [2.45, 2.75) is 52.4 Å². The van der Waals surface area contributed by atoms with Crippen LogP contribution in [-0.2, 0) is 12.8 Å². The van der Waals surface area contributed by atoms with Crippen LogP contribution >= 0.6 is 11.3 Å². The molecule has 0 aliphatic heterocycles. The molecule has 0 N–H and O–H groups in total. The minimum absolute atomic E-state index is 0.0847. The molecular weight excluding hydrogens is 378 g/mol. The van der Waals surface area contributed by atoms with Crippen molar-refractivity contribution in [1.29, 1.82) is 0 Å². The fourth-order valence-corrected chi connectivity index (χ4v) is 5.06. The summed E-state index contributed by atoms with van der Waals surface area (Å²) in [6, 6.07) is 14.3. The number of benzene rings is 2. The van der Waals surface area contributed by atoms with Crippen LogP contribution in [0.4, 0.5) is 0 Å². The van der Waals surface area contributed by atoms with Gasteiger partial charge in [-0.25, -0.2) is 4.98 Å². The Kier molecular flexibility index (Phi) is 5.81. The zero-order chi connectivity index (χ0) is 20.4. The molecule has 3 aromatic rings. The molecule has 0 radical (unpaired) electrons. The summed E-state index contributed by atoms with van der Waals surface area (Å²) in [6.07, 6.45) is 4.45. The average Bonchev–Trinajstić information content (AvgIpc) is 3.31. The maximum Gasteiger partial charge on any atom is 0.159 e. The summed E-state index contributed by atoms with van der Waals surface area (Å²) in [6.45, 7) is 6.60. The van der Waals surface area contributed by atoms with Crippen LogP contribution in [0.15, 0.2) is 42.5 Å². The van der Waals surface area contributed by atoms with Gasteiger partial charge < -0.3 is 4.74 Å². The first-order valence-corrected chi connectivity index (χ1v) is 11.2. The lowest BCUT2D eigenvalue weighted by atomic mass is 9.99. The molecule has 1 aromatic heterocycles. The van der Waals surface area contributed by atoms with E-state index in [0.717, 1.165) is 39.9 Å². The van der Waals surface area contributed by atoms with Gasteiger partial charge in [-0.05, 0) is 62.3 Å². The molecule has 1 heterocycles. The van der Waals surface area contributed by atoms with Gasteiger partial charge in [-0.2, -0.15) is 0 Å². The highest BCUT2D eigenvalue weighted by Gasteiger charge is 2.21. The highest BCUT2D eigenvalue weighted by molar-refractivity contribution is 7.15. The summed E-state index contributed by atoms with van der Waals surface area (Å²) >= 11 is 1.70. The predicted octanol–water partition coefficient (Wildman–Crippen LogP) is 6.38. The van der Waals surface area contributed by atoms with Crippen molar-refractivity contribution in [2.75, 3.05) is 6.61 Å². The average molecular weight is 406 g/mol. The van der Waals surface area contributed by atoms with Crippen LogP contribution in [0.25, 0.3) is 10.6 Å². The number of aromatic nitrogens is 1. The van der Waals surface area contributed by atoms with Crippen LogP contribution < -0.4 is 4.74 Å². The van der Waals surface area contributed by atoms with Gasteiger partial charge in [0.2, 0.25) is 0 Å². The monoisotopic (exact) mass is 405 g/mol. The quantitative estimate of drug-likeness (QED) is 0.428. The largest absolute Gasteiger partial charge is 0.493 e. The molecule has 150 valence electrons. The minimum Gasteiger partial charge on any atom is -0.493 e. The highest BCUT2D eigenvalue weighted by atomic mass is 32.1. The molecule has 3 nitrogen and oxygen atoms in total. The lowest BCUT2D eigenvalue weighted by Crippen LogP contribution is -2.03. The van der Waals surface area contributed by atoms with Gasteiger partial charge in [0.25, 0.3) is 0 Å². The van der Waals surface area contributed by atoms with E-state index in [0.29, 0.717) is 6.61 Å². The first kappa shape index (κ1) is 19.8. The van der Waals surface area contributed by atoms with Gasteiger partial charge in [0, 0.05) is 22.4 Å². The maximum atomic E-state index is 11.5. The number of hydrogen-bond donors (Lipinski definition) is 0. The van der Waals surface area contributed by atoms with Crippen molar-refractivity contribution in [1.82, 2.24) is 4.98 Å². The SMILES string of the molecule is CCC1CCc2cc(OCCc3nc(-c4ccc(C(C)=O)cc4)sc3C)ccc21. The maximum absolute atomic E-state index is 11.5. The third-order valence-corrected chi connectivity index (χ3v) is 6.91. The van der Waals surface area contributed by atoms with Gasteiger partial charge >= 0.3 is 0 Å². The Morgan fingerprint density at radius 2 is 2.00 bits per heavy atom. The fraction of sp³-hybridized carbons (Fsp3) is 0.360. The molecule has 0 bridgehead atoms. The number of Topliss-reactive ketones (excluding diaryl/α,β-unsaturated/α-hetero) is 1. The topological polar surface area (TPSA) is 39.2 Å². The molecule has 4 heteroatoms. The van der Waals surface area contributed by atoms with Crippen LogP contribution in [0.2, 0.25) is 0 Å². The van der Waals surface area contributed by atoms with Crippen molar-refractivity contribution in [2.24, 2.45) is 0 Å². The summed E-state index contributed by atoms with van der Waals surface area (Å²) in [5.41, 5.74) is 5.84. The highest BCUT2D eigenvalue weighted by Crippen LogP contribution is 2.37. The molecule has 0 amide bonds.